The average molecular weight is 341 g/mol. The van der Waals surface area contributed by atoms with E-state index in [9.17, 15) is 14.4 Å². The standard InChI is InChI=1S/C19H20FN3O2/c1-13-10-15(11-16(12-21)19(25)22-8-5-9-24)14(2)23(13)18-7-4-3-6-17(18)20/h3-4,6-7,10-11,24H,5,8-9H2,1-2H3,(H,22,25)/b16-11-. The molecule has 1 aromatic heterocycles. The summed E-state index contributed by atoms with van der Waals surface area (Å²) in [4.78, 5) is 12.0. The second-order valence-corrected chi connectivity index (χ2v) is 5.62. The third kappa shape index (κ3) is 4.14. The van der Waals surface area contributed by atoms with Gasteiger partial charge in [0, 0.05) is 24.5 Å². The maximum atomic E-state index is 14.1. The zero-order valence-corrected chi connectivity index (χ0v) is 14.2. The Labute approximate surface area is 146 Å². The number of aryl methyl sites for hydroxylation is 1. The van der Waals surface area contributed by atoms with Crippen LogP contribution in [0, 0.1) is 31.0 Å². The molecule has 1 heterocycles. The molecule has 2 rings (SSSR count). The number of nitrogens with zero attached hydrogens (tertiary/aromatic N) is 2. The number of nitrogens with one attached hydrogen (secondary N) is 1. The first-order valence-corrected chi connectivity index (χ1v) is 7.94. The van der Waals surface area contributed by atoms with E-state index in [1.54, 1.807) is 28.8 Å². The number of carbonyl (C=O) groups excluding carboxylic acids is 1. The average Bonchev–Trinajstić information content (AvgIpc) is 2.87. The number of hydrogen-bond acceptors (Lipinski definition) is 3. The number of rotatable bonds is 6. The molecule has 0 aliphatic rings. The van der Waals surface area contributed by atoms with Gasteiger partial charge in [0.05, 0.1) is 5.69 Å². The summed E-state index contributed by atoms with van der Waals surface area (Å²) < 4.78 is 15.9. The molecule has 130 valence electrons. The first-order chi connectivity index (χ1) is 12.0. The third-order valence-corrected chi connectivity index (χ3v) is 3.85. The SMILES string of the molecule is Cc1cc(/C=C(/C#N)C(=O)NCCCO)c(C)n1-c1ccccc1F. The fraction of sp³-hybridized carbons (Fsp3) is 0.263. The van der Waals surface area contributed by atoms with Crippen LogP contribution in [0.4, 0.5) is 4.39 Å². The lowest BCUT2D eigenvalue weighted by Crippen LogP contribution is -2.26. The Balaban J connectivity index is 2.38. The van der Waals surface area contributed by atoms with E-state index in [1.807, 2.05) is 19.9 Å². The highest BCUT2D eigenvalue weighted by Crippen LogP contribution is 2.24. The van der Waals surface area contributed by atoms with Crippen molar-refractivity contribution in [3.63, 3.8) is 0 Å². The number of nitriles is 1. The first kappa shape index (κ1) is 18.4. The number of hydrogen-bond donors (Lipinski definition) is 2. The molecule has 0 aliphatic heterocycles. The van der Waals surface area contributed by atoms with Gasteiger partial charge >= 0.3 is 0 Å². The monoisotopic (exact) mass is 341 g/mol. The normalized spacial score (nSPS) is 11.2. The largest absolute Gasteiger partial charge is 0.396 e. The number of aromatic nitrogens is 1. The van der Waals surface area contributed by atoms with Crippen LogP contribution in [0.2, 0.25) is 0 Å². The van der Waals surface area contributed by atoms with Crippen molar-refractivity contribution in [2.75, 3.05) is 13.2 Å². The summed E-state index contributed by atoms with van der Waals surface area (Å²) in [7, 11) is 0. The third-order valence-electron chi connectivity index (χ3n) is 3.85. The minimum atomic E-state index is -0.494. The van der Waals surface area contributed by atoms with Crippen molar-refractivity contribution in [3.8, 4) is 11.8 Å². The first-order valence-electron chi connectivity index (χ1n) is 7.94. The highest BCUT2D eigenvalue weighted by Gasteiger charge is 2.15. The van der Waals surface area contributed by atoms with Gasteiger partial charge in [-0.2, -0.15) is 5.26 Å². The van der Waals surface area contributed by atoms with Gasteiger partial charge in [0.2, 0.25) is 0 Å². The van der Waals surface area contributed by atoms with Crippen molar-refractivity contribution in [1.29, 1.82) is 5.26 Å². The Morgan fingerprint density at radius 2 is 2.12 bits per heavy atom. The Morgan fingerprint density at radius 1 is 1.40 bits per heavy atom. The second kappa shape index (κ2) is 8.27. The van der Waals surface area contributed by atoms with Crippen LogP contribution < -0.4 is 5.32 Å². The van der Waals surface area contributed by atoms with E-state index in [1.165, 1.54) is 12.1 Å². The molecule has 0 spiro atoms. The van der Waals surface area contributed by atoms with Gasteiger partial charge in [0.1, 0.15) is 17.5 Å². The van der Waals surface area contributed by atoms with Gasteiger partial charge < -0.3 is 15.0 Å². The molecule has 25 heavy (non-hydrogen) atoms. The lowest BCUT2D eigenvalue weighted by atomic mass is 10.1. The number of halogens is 1. The lowest BCUT2D eigenvalue weighted by molar-refractivity contribution is -0.117. The van der Waals surface area contributed by atoms with Crippen molar-refractivity contribution >= 4 is 12.0 Å². The van der Waals surface area contributed by atoms with Gasteiger partial charge in [0.15, 0.2) is 0 Å². The van der Waals surface area contributed by atoms with Crippen molar-refractivity contribution in [2.45, 2.75) is 20.3 Å². The second-order valence-electron chi connectivity index (χ2n) is 5.62. The topological polar surface area (TPSA) is 78.1 Å². The lowest BCUT2D eigenvalue weighted by Gasteiger charge is -2.10. The molecule has 2 aromatic rings. The van der Waals surface area contributed by atoms with Gasteiger partial charge in [-0.3, -0.25) is 4.79 Å². The van der Waals surface area contributed by atoms with Crippen LogP contribution in [0.3, 0.4) is 0 Å². The van der Waals surface area contributed by atoms with E-state index in [-0.39, 0.29) is 18.0 Å². The molecule has 2 N–H and O–H groups in total. The number of aliphatic hydroxyl groups is 1. The van der Waals surface area contributed by atoms with Crippen LogP contribution in [0.25, 0.3) is 11.8 Å². The fourth-order valence-electron chi connectivity index (χ4n) is 2.62. The predicted octanol–water partition coefficient (Wildman–Crippen LogP) is 2.64. The molecule has 0 aliphatic carbocycles. The molecule has 0 fully saturated rings. The summed E-state index contributed by atoms with van der Waals surface area (Å²) >= 11 is 0. The zero-order valence-electron chi connectivity index (χ0n) is 14.2. The molecular weight excluding hydrogens is 321 g/mol. The van der Waals surface area contributed by atoms with E-state index in [0.29, 0.717) is 24.2 Å². The number of amides is 1. The van der Waals surface area contributed by atoms with E-state index >= 15 is 0 Å². The Morgan fingerprint density at radius 3 is 2.76 bits per heavy atom. The van der Waals surface area contributed by atoms with Crippen molar-refractivity contribution in [3.05, 3.63) is 58.7 Å². The molecule has 0 saturated heterocycles. The fourth-order valence-corrected chi connectivity index (χ4v) is 2.62. The summed E-state index contributed by atoms with van der Waals surface area (Å²) in [6.45, 7) is 3.91. The minimum Gasteiger partial charge on any atom is -0.396 e. The molecule has 1 aromatic carbocycles. The predicted molar refractivity (Wildman–Crippen MR) is 93.5 cm³/mol. The summed E-state index contributed by atoms with van der Waals surface area (Å²) in [5, 5.41) is 20.6. The van der Waals surface area contributed by atoms with Crippen LogP contribution in [-0.4, -0.2) is 28.7 Å². The quantitative estimate of drug-likeness (QED) is 0.482. The van der Waals surface area contributed by atoms with Gasteiger partial charge in [-0.15, -0.1) is 0 Å². The van der Waals surface area contributed by atoms with Crippen LogP contribution in [0.15, 0.2) is 35.9 Å². The van der Waals surface area contributed by atoms with Gasteiger partial charge in [0.25, 0.3) is 5.91 Å². The van der Waals surface area contributed by atoms with Crippen molar-refractivity contribution < 1.29 is 14.3 Å². The van der Waals surface area contributed by atoms with Crippen molar-refractivity contribution in [1.82, 2.24) is 9.88 Å². The molecule has 0 bridgehead atoms. The number of benzene rings is 1. The van der Waals surface area contributed by atoms with Gasteiger partial charge in [-0.05, 0) is 50.1 Å². The minimum absolute atomic E-state index is 0.0321. The van der Waals surface area contributed by atoms with Crippen LogP contribution >= 0.6 is 0 Å². The van der Waals surface area contributed by atoms with E-state index in [4.69, 9.17) is 5.11 Å². The molecule has 0 radical (unpaired) electrons. The van der Waals surface area contributed by atoms with E-state index in [2.05, 4.69) is 5.32 Å². The Kier molecular flexibility index (Phi) is 6.09. The molecule has 1 amide bonds. The maximum Gasteiger partial charge on any atom is 0.261 e. The molecule has 0 unspecified atom stereocenters. The number of aliphatic hydroxyl groups excluding tert-OH is 1. The van der Waals surface area contributed by atoms with Crippen LogP contribution in [0.1, 0.15) is 23.4 Å². The summed E-state index contributed by atoms with van der Waals surface area (Å²) in [6.07, 6.45) is 1.92. The van der Waals surface area contributed by atoms with E-state index < -0.39 is 5.91 Å². The number of carbonyl (C=O) groups is 1. The molecule has 0 saturated carbocycles. The van der Waals surface area contributed by atoms with Gasteiger partial charge in [-0.1, -0.05) is 12.1 Å². The highest BCUT2D eigenvalue weighted by molar-refractivity contribution is 6.01. The maximum absolute atomic E-state index is 14.1. The smallest absolute Gasteiger partial charge is 0.261 e. The summed E-state index contributed by atoms with van der Waals surface area (Å²) in [5.74, 6) is -0.839. The molecular formula is C19H20FN3O2. The summed E-state index contributed by atoms with van der Waals surface area (Å²) in [5.41, 5.74) is 2.59. The van der Waals surface area contributed by atoms with E-state index in [0.717, 1.165) is 11.4 Å². The number of para-hydroxylation sites is 1. The Bertz CT molecular complexity index is 847. The Hall–Kier alpha value is -2.91. The zero-order chi connectivity index (χ0) is 18.4. The molecule has 0 atom stereocenters. The summed E-state index contributed by atoms with van der Waals surface area (Å²) in [6, 6.07) is 10.1. The molecule has 6 heteroatoms. The molecule has 5 nitrogen and oxygen atoms in total. The van der Waals surface area contributed by atoms with Crippen LogP contribution in [-0.2, 0) is 4.79 Å². The van der Waals surface area contributed by atoms with Crippen LogP contribution in [0.5, 0.6) is 0 Å². The highest BCUT2D eigenvalue weighted by atomic mass is 19.1. The van der Waals surface area contributed by atoms with Gasteiger partial charge in [-0.25, -0.2) is 4.39 Å². The van der Waals surface area contributed by atoms with Crippen molar-refractivity contribution in [2.24, 2.45) is 0 Å².